The summed E-state index contributed by atoms with van der Waals surface area (Å²) in [5.41, 5.74) is 8.62. The number of nitrogens with one attached hydrogen (secondary N) is 3. The fraction of sp³-hybridized carbons (Fsp3) is 0.514. The van der Waals surface area contributed by atoms with Gasteiger partial charge in [-0.25, -0.2) is 10.4 Å². The minimum Gasteiger partial charge on any atom is -0.507 e. The normalized spacial score (nSPS) is 11.0. The second kappa shape index (κ2) is 21.0. The van der Waals surface area contributed by atoms with Gasteiger partial charge in [0.25, 0.3) is 0 Å². The molecule has 0 saturated heterocycles. The highest BCUT2D eigenvalue weighted by molar-refractivity contribution is 6.11. The van der Waals surface area contributed by atoms with Crippen LogP contribution in [0.4, 0.5) is 5.95 Å². The maximum absolute atomic E-state index is 13.1. The summed E-state index contributed by atoms with van der Waals surface area (Å²) in [5.74, 6) is -2.53. The van der Waals surface area contributed by atoms with Crippen LogP contribution in [0.3, 0.4) is 0 Å². The van der Waals surface area contributed by atoms with Gasteiger partial charge in [0.15, 0.2) is 0 Å². The van der Waals surface area contributed by atoms with Gasteiger partial charge in [0.1, 0.15) is 11.5 Å². The summed E-state index contributed by atoms with van der Waals surface area (Å²) in [4.78, 5) is 38.6. The molecule has 2 aromatic carbocycles. The van der Waals surface area contributed by atoms with Crippen molar-refractivity contribution < 1.29 is 19.8 Å². The number of aromatic hydroxyl groups is 2. The number of para-hydroxylation sites is 2. The Morgan fingerprint density at radius 2 is 0.978 bits per heavy atom. The Hall–Kier alpha value is -3.89. The highest BCUT2D eigenvalue weighted by Crippen LogP contribution is 2.21. The van der Waals surface area contributed by atoms with Gasteiger partial charge >= 0.3 is 0 Å². The second-order valence-corrected chi connectivity index (χ2v) is 11.5. The third-order valence-corrected chi connectivity index (χ3v) is 7.76. The fourth-order valence-electron chi connectivity index (χ4n) is 5.13. The topological polar surface area (TPSA) is 149 Å². The van der Waals surface area contributed by atoms with E-state index in [0.29, 0.717) is 6.54 Å². The maximum Gasteiger partial charge on any atom is 0.242 e. The minimum absolute atomic E-state index is 0.00908. The Labute approximate surface area is 267 Å². The molecule has 0 radical (unpaired) electrons. The van der Waals surface area contributed by atoms with Crippen molar-refractivity contribution in [3.63, 3.8) is 0 Å². The lowest BCUT2D eigenvalue weighted by Crippen LogP contribution is -2.38. The number of hydrogen-bond donors (Lipinski definition) is 5. The zero-order valence-electron chi connectivity index (χ0n) is 26.7. The second-order valence-electron chi connectivity index (χ2n) is 11.5. The van der Waals surface area contributed by atoms with Crippen LogP contribution < -0.4 is 16.4 Å². The van der Waals surface area contributed by atoms with Gasteiger partial charge in [0.05, 0.1) is 11.1 Å². The number of aromatic nitrogens is 3. The van der Waals surface area contributed by atoms with Gasteiger partial charge < -0.3 is 10.2 Å². The SMILES string of the molecule is CCCCCCCCCCCCCCCCCCNNNc1nc(C(=O)c2ccccc2O)nc(C(=O)c2ccccc2O)n1. The van der Waals surface area contributed by atoms with Gasteiger partial charge in [-0.3, -0.25) is 15.0 Å². The summed E-state index contributed by atoms with van der Waals surface area (Å²) in [6, 6.07) is 12.0. The number of carbonyl (C=O) groups is 2. The van der Waals surface area contributed by atoms with Crippen LogP contribution in [0.25, 0.3) is 0 Å². The molecule has 3 rings (SSSR count). The molecule has 244 valence electrons. The van der Waals surface area contributed by atoms with Crippen molar-refractivity contribution in [2.24, 2.45) is 0 Å². The van der Waals surface area contributed by atoms with E-state index in [-0.39, 0.29) is 40.2 Å². The third-order valence-electron chi connectivity index (χ3n) is 7.76. The Morgan fingerprint density at radius 3 is 1.40 bits per heavy atom. The van der Waals surface area contributed by atoms with E-state index in [9.17, 15) is 19.8 Å². The number of ketones is 2. The number of carbonyl (C=O) groups excluding carboxylic acids is 2. The zero-order valence-corrected chi connectivity index (χ0v) is 26.7. The molecular formula is C35H50N6O4. The smallest absolute Gasteiger partial charge is 0.242 e. The lowest BCUT2D eigenvalue weighted by atomic mass is 10.0. The average Bonchev–Trinajstić information content (AvgIpc) is 3.05. The van der Waals surface area contributed by atoms with Crippen molar-refractivity contribution >= 4 is 17.5 Å². The van der Waals surface area contributed by atoms with Crippen LogP contribution in [0.5, 0.6) is 11.5 Å². The fourth-order valence-corrected chi connectivity index (χ4v) is 5.13. The van der Waals surface area contributed by atoms with Crippen LogP contribution in [0.2, 0.25) is 0 Å². The van der Waals surface area contributed by atoms with E-state index in [4.69, 9.17) is 0 Å². The predicted molar refractivity (Wildman–Crippen MR) is 177 cm³/mol. The van der Waals surface area contributed by atoms with Gasteiger partial charge in [0, 0.05) is 6.54 Å². The van der Waals surface area contributed by atoms with Gasteiger partial charge in [0.2, 0.25) is 29.2 Å². The molecule has 10 heteroatoms. The molecular weight excluding hydrogens is 568 g/mol. The number of hydrogen-bond acceptors (Lipinski definition) is 10. The van der Waals surface area contributed by atoms with Crippen LogP contribution in [0.15, 0.2) is 48.5 Å². The van der Waals surface area contributed by atoms with Crippen LogP contribution in [-0.4, -0.2) is 43.3 Å². The lowest BCUT2D eigenvalue weighted by molar-refractivity contribution is 0.102. The van der Waals surface area contributed by atoms with Crippen LogP contribution in [0, 0.1) is 0 Å². The van der Waals surface area contributed by atoms with E-state index in [1.165, 1.54) is 114 Å². The van der Waals surface area contributed by atoms with E-state index >= 15 is 0 Å². The third kappa shape index (κ3) is 12.9. The molecule has 0 aliphatic carbocycles. The summed E-state index contributed by atoms with van der Waals surface area (Å²) in [6.45, 7) is 2.96. The highest BCUT2D eigenvalue weighted by Gasteiger charge is 2.23. The van der Waals surface area contributed by atoms with Gasteiger partial charge in [-0.1, -0.05) is 128 Å². The van der Waals surface area contributed by atoms with E-state index in [1.807, 2.05) is 0 Å². The number of hydrazine groups is 2. The number of anilines is 1. The van der Waals surface area contributed by atoms with Crippen LogP contribution in [0.1, 0.15) is 142 Å². The lowest BCUT2D eigenvalue weighted by Gasteiger charge is -2.11. The van der Waals surface area contributed by atoms with Gasteiger partial charge in [-0.2, -0.15) is 15.5 Å². The van der Waals surface area contributed by atoms with E-state index in [2.05, 4.69) is 38.3 Å². The molecule has 0 saturated carbocycles. The van der Waals surface area contributed by atoms with Crippen LogP contribution >= 0.6 is 0 Å². The molecule has 0 spiro atoms. The summed E-state index contributed by atoms with van der Waals surface area (Å²) in [6.07, 6.45) is 21.0. The first-order chi connectivity index (χ1) is 22.0. The summed E-state index contributed by atoms with van der Waals surface area (Å²) >= 11 is 0. The Morgan fingerprint density at radius 1 is 0.578 bits per heavy atom. The van der Waals surface area contributed by atoms with Crippen molar-refractivity contribution in [2.45, 2.75) is 110 Å². The minimum atomic E-state index is -0.675. The van der Waals surface area contributed by atoms with Crippen molar-refractivity contribution in [1.82, 2.24) is 25.9 Å². The first kappa shape index (κ1) is 35.6. The van der Waals surface area contributed by atoms with Crippen LogP contribution in [-0.2, 0) is 0 Å². The number of benzene rings is 2. The monoisotopic (exact) mass is 618 g/mol. The number of nitrogens with zero attached hydrogens (tertiary/aromatic N) is 3. The summed E-state index contributed by atoms with van der Waals surface area (Å²) < 4.78 is 0. The molecule has 0 amide bonds. The molecule has 5 N–H and O–H groups in total. The molecule has 0 aliphatic heterocycles. The van der Waals surface area contributed by atoms with Gasteiger partial charge in [-0.15, -0.1) is 0 Å². The maximum atomic E-state index is 13.1. The van der Waals surface area contributed by atoms with E-state index in [0.717, 1.165) is 12.8 Å². The number of phenols is 2. The predicted octanol–water partition coefficient (Wildman–Crippen LogP) is 7.43. The molecule has 45 heavy (non-hydrogen) atoms. The summed E-state index contributed by atoms with van der Waals surface area (Å²) in [5, 5.41) is 20.3. The van der Waals surface area contributed by atoms with Crippen molar-refractivity contribution in [1.29, 1.82) is 0 Å². The van der Waals surface area contributed by atoms with Crippen molar-refractivity contribution in [3.8, 4) is 11.5 Å². The molecule has 0 bridgehead atoms. The largest absolute Gasteiger partial charge is 0.507 e. The molecule has 0 fully saturated rings. The quantitative estimate of drug-likeness (QED) is 0.0390. The molecule has 10 nitrogen and oxygen atoms in total. The van der Waals surface area contributed by atoms with Crippen molar-refractivity contribution in [2.75, 3.05) is 12.0 Å². The molecule has 0 aliphatic rings. The highest BCUT2D eigenvalue weighted by atomic mass is 16.3. The molecule has 1 heterocycles. The molecule has 3 aromatic rings. The first-order valence-electron chi connectivity index (χ1n) is 16.7. The molecule has 1 aromatic heterocycles. The Kier molecular flexibility index (Phi) is 16.6. The Bertz CT molecular complexity index is 1240. The molecule has 0 unspecified atom stereocenters. The standard InChI is InChI=1S/C35H50N6O4/c1-2-3-4-5-6-7-8-9-10-11-12-13-14-15-16-21-26-36-41-40-35-38-33(31(44)27-22-17-19-24-29(27)42)37-34(39-35)32(45)28-23-18-20-25-30(28)43/h17-20,22-25,36,41-43H,2-16,21,26H2,1H3,(H,37,38,39,40). The average molecular weight is 619 g/mol. The van der Waals surface area contributed by atoms with E-state index < -0.39 is 11.6 Å². The van der Waals surface area contributed by atoms with Crippen molar-refractivity contribution in [3.05, 3.63) is 71.3 Å². The Balaban J connectivity index is 1.37. The first-order valence-corrected chi connectivity index (χ1v) is 16.7. The number of rotatable bonds is 24. The number of unbranched alkanes of at least 4 members (excludes halogenated alkanes) is 15. The van der Waals surface area contributed by atoms with Gasteiger partial charge in [-0.05, 0) is 30.7 Å². The molecule has 0 atom stereocenters. The number of phenolic OH excluding ortho intramolecular Hbond substituents is 2. The van der Waals surface area contributed by atoms with E-state index in [1.54, 1.807) is 24.3 Å². The zero-order chi connectivity index (χ0) is 32.1. The summed E-state index contributed by atoms with van der Waals surface area (Å²) in [7, 11) is 0.